The van der Waals surface area contributed by atoms with Gasteiger partial charge < -0.3 is 9.80 Å². The number of amides is 2. The van der Waals surface area contributed by atoms with E-state index in [1.165, 1.54) is 15.9 Å². The molecular weight excluding hydrogens is 555 g/mol. The first kappa shape index (κ1) is 28.5. The number of nitrogens with zero attached hydrogens (tertiary/aromatic N) is 2. The molecule has 1 unspecified atom stereocenters. The number of piperazine rings is 1. The van der Waals surface area contributed by atoms with Crippen molar-refractivity contribution in [1.29, 1.82) is 0 Å². The highest BCUT2D eigenvalue weighted by molar-refractivity contribution is 7.92. The molecule has 2 aliphatic carbocycles. The van der Waals surface area contributed by atoms with E-state index in [0.717, 1.165) is 36.4 Å². The van der Waals surface area contributed by atoms with Crippen molar-refractivity contribution >= 4 is 21.7 Å². The highest BCUT2D eigenvalue weighted by Crippen LogP contribution is 2.60. The number of likely N-dealkylation sites (N-methyl/N-ethyl adjacent to an activating group) is 1. The van der Waals surface area contributed by atoms with Crippen molar-refractivity contribution in [2.24, 2.45) is 11.8 Å². The Morgan fingerprint density at radius 2 is 1.70 bits per heavy atom. The molecule has 216 valence electrons. The number of rotatable bonds is 4. The Hall–Kier alpha value is -3.02. The molecule has 1 heterocycles. The number of alkyl halides is 4. The van der Waals surface area contributed by atoms with Crippen LogP contribution in [-0.2, 0) is 36.3 Å². The van der Waals surface area contributed by atoms with Crippen LogP contribution in [0, 0.1) is 17.7 Å². The second-order valence-electron chi connectivity index (χ2n) is 11.1. The van der Waals surface area contributed by atoms with Crippen molar-refractivity contribution in [2.75, 3.05) is 26.7 Å². The second-order valence-corrected chi connectivity index (χ2v) is 13.3. The maximum Gasteiger partial charge on any atom is 0.426 e. The summed E-state index contributed by atoms with van der Waals surface area (Å²) in [5, 5.41) is 0. The minimum Gasteiger partial charge on any atom is -0.342 e. The molecule has 0 aromatic heterocycles. The first-order valence-electron chi connectivity index (χ1n) is 13.0. The van der Waals surface area contributed by atoms with Gasteiger partial charge in [0.05, 0.1) is 11.4 Å². The summed E-state index contributed by atoms with van der Waals surface area (Å²) in [6.07, 6.45) is -4.71. The lowest BCUT2D eigenvalue weighted by Crippen LogP contribution is -2.53. The van der Waals surface area contributed by atoms with Crippen LogP contribution in [0.5, 0.6) is 0 Å². The fourth-order valence-electron chi connectivity index (χ4n) is 6.61. The summed E-state index contributed by atoms with van der Waals surface area (Å²) in [5.74, 6) is -2.71. The van der Waals surface area contributed by atoms with Crippen LogP contribution in [0.3, 0.4) is 0 Å². The van der Waals surface area contributed by atoms with E-state index in [2.05, 4.69) is 0 Å². The van der Waals surface area contributed by atoms with Crippen LogP contribution in [-0.4, -0.2) is 62.9 Å². The van der Waals surface area contributed by atoms with E-state index in [9.17, 15) is 40.0 Å². The lowest BCUT2D eigenvalue weighted by atomic mass is 9.72. The molecule has 0 bridgehead atoms. The van der Waals surface area contributed by atoms with Gasteiger partial charge in [0.25, 0.3) is 0 Å². The number of fused-ring (bicyclic) bond motifs is 3. The van der Waals surface area contributed by atoms with Gasteiger partial charge in [-0.15, -0.1) is 0 Å². The lowest BCUT2D eigenvalue weighted by Gasteiger charge is -2.43. The Kier molecular flexibility index (Phi) is 6.79. The Balaban J connectivity index is 1.63. The maximum atomic E-state index is 14.9. The minimum absolute atomic E-state index is 0.00597. The molecular formula is C28H29F5N2O4S. The fraction of sp³-hybridized carbons (Fsp3) is 0.500. The number of carbonyl (C=O) groups is 2. The zero-order chi connectivity index (χ0) is 29.3. The average Bonchev–Trinajstić information content (AvgIpc) is 3.31. The average molecular weight is 585 g/mol. The summed E-state index contributed by atoms with van der Waals surface area (Å²) in [4.78, 5) is 28.8. The van der Waals surface area contributed by atoms with E-state index in [0.29, 0.717) is 20.0 Å². The highest BCUT2D eigenvalue weighted by Gasteiger charge is 2.62. The SMILES string of the molecule is CN1CCN(C(=O)[C@@H]2CC[C@@]3(S(=O)(=O)c4ccc(F)cc4)c4ccc(C(C)(F)C(F)(F)F)cc4CC[C@@H]23)CC1=O. The summed E-state index contributed by atoms with van der Waals surface area (Å²) in [6.45, 7) is 0.942. The Morgan fingerprint density at radius 1 is 1.02 bits per heavy atom. The van der Waals surface area contributed by atoms with Gasteiger partial charge in [-0.05, 0) is 79.5 Å². The molecule has 6 nitrogen and oxygen atoms in total. The molecule has 40 heavy (non-hydrogen) atoms. The largest absolute Gasteiger partial charge is 0.426 e. The fourth-order valence-corrected chi connectivity index (χ4v) is 9.08. The van der Waals surface area contributed by atoms with Crippen molar-refractivity contribution < 1.29 is 40.0 Å². The highest BCUT2D eigenvalue weighted by atomic mass is 32.2. The van der Waals surface area contributed by atoms with Crippen LogP contribution >= 0.6 is 0 Å². The smallest absolute Gasteiger partial charge is 0.342 e. The molecule has 0 N–H and O–H groups in total. The van der Waals surface area contributed by atoms with Gasteiger partial charge in [-0.1, -0.05) is 18.2 Å². The first-order valence-corrected chi connectivity index (χ1v) is 14.5. The molecule has 1 saturated heterocycles. The Labute approximate surface area is 229 Å². The van der Waals surface area contributed by atoms with E-state index in [1.54, 1.807) is 7.05 Å². The number of sulfone groups is 1. The summed E-state index contributed by atoms with van der Waals surface area (Å²) in [7, 11) is -2.68. The molecule has 2 aromatic carbocycles. The van der Waals surface area contributed by atoms with E-state index in [4.69, 9.17) is 0 Å². The first-order chi connectivity index (χ1) is 18.6. The topological polar surface area (TPSA) is 74.8 Å². The normalized spacial score (nSPS) is 26.7. The molecule has 3 aliphatic rings. The van der Waals surface area contributed by atoms with Gasteiger partial charge in [0, 0.05) is 26.1 Å². The number of carbonyl (C=O) groups excluding carboxylic acids is 2. The molecule has 4 atom stereocenters. The summed E-state index contributed by atoms with van der Waals surface area (Å²) < 4.78 is 96.1. The molecule has 1 saturated carbocycles. The molecule has 0 spiro atoms. The van der Waals surface area contributed by atoms with Gasteiger partial charge >= 0.3 is 6.18 Å². The van der Waals surface area contributed by atoms with Crippen LogP contribution in [0.1, 0.15) is 42.9 Å². The van der Waals surface area contributed by atoms with Crippen molar-refractivity contribution in [3.63, 3.8) is 0 Å². The molecule has 12 heteroatoms. The van der Waals surface area contributed by atoms with Crippen molar-refractivity contribution in [2.45, 2.75) is 54.1 Å². The zero-order valence-electron chi connectivity index (χ0n) is 22.0. The quantitative estimate of drug-likeness (QED) is 0.392. The standard InChI is InChI=1S/C28H29F5N2O4S/c1-26(30,28(31,32)33)18-4-10-22-17(15-18)3-9-23-21(25(37)35-14-13-34(2)24(36)16-35)11-12-27(22,23)40(38,39)20-7-5-19(29)6-8-20/h4-8,10,15,21,23H,3,9,11-14,16H2,1-2H3/t21-,23+,26?,27-/m1/s1. The summed E-state index contributed by atoms with van der Waals surface area (Å²) in [6, 6.07) is 7.58. The number of hydrogen-bond donors (Lipinski definition) is 0. The van der Waals surface area contributed by atoms with Crippen LogP contribution in [0.2, 0.25) is 0 Å². The van der Waals surface area contributed by atoms with E-state index >= 15 is 0 Å². The van der Waals surface area contributed by atoms with Gasteiger partial charge in [0.1, 0.15) is 10.6 Å². The lowest BCUT2D eigenvalue weighted by molar-refractivity contribution is -0.228. The minimum atomic E-state index is -5.18. The predicted molar refractivity (Wildman–Crippen MR) is 135 cm³/mol. The molecule has 5 rings (SSSR count). The molecule has 2 aromatic rings. The number of hydrogen-bond acceptors (Lipinski definition) is 4. The van der Waals surface area contributed by atoms with Crippen molar-refractivity contribution in [1.82, 2.24) is 9.80 Å². The number of benzene rings is 2. The van der Waals surface area contributed by atoms with Gasteiger partial charge in [-0.2, -0.15) is 13.2 Å². The maximum absolute atomic E-state index is 14.9. The molecule has 0 radical (unpaired) electrons. The van der Waals surface area contributed by atoms with E-state index < -0.39 is 49.6 Å². The zero-order valence-corrected chi connectivity index (χ0v) is 22.8. The van der Waals surface area contributed by atoms with Crippen LogP contribution in [0.15, 0.2) is 47.4 Å². The van der Waals surface area contributed by atoms with Crippen LogP contribution in [0.25, 0.3) is 0 Å². The predicted octanol–water partition coefficient (Wildman–Crippen LogP) is 4.51. The second kappa shape index (κ2) is 9.53. The number of halogens is 5. The Bertz CT molecular complexity index is 1460. The molecule has 2 fully saturated rings. The van der Waals surface area contributed by atoms with Crippen molar-refractivity contribution in [3.05, 3.63) is 65.0 Å². The Morgan fingerprint density at radius 3 is 2.33 bits per heavy atom. The number of aryl methyl sites for hydroxylation is 1. The van der Waals surface area contributed by atoms with Crippen molar-refractivity contribution in [3.8, 4) is 0 Å². The van der Waals surface area contributed by atoms with Gasteiger partial charge in [0.15, 0.2) is 9.84 Å². The monoisotopic (exact) mass is 584 g/mol. The van der Waals surface area contributed by atoms with E-state index in [1.807, 2.05) is 0 Å². The van der Waals surface area contributed by atoms with Gasteiger partial charge in [-0.25, -0.2) is 17.2 Å². The summed E-state index contributed by atoms with van der Waals surface area (Å²) >= 11 is 0. The third kappa shape index (κ3) is 4.21. The molecule has 2 amide bonds. The van der Waals surface area contributed by atoms with E-state index in [-0.39, 0.29) is 60.1 Å². The third-order valence-electron chi connectivity index (χ3n) is 8.96. The van der Waals surface area contributed by atoms with Crippen LogP contribution in [0.4, 0.5) is 22.0 Å². The van der Waals surface area contributed by atoms with Gasteiger partial charge in [0.2, 0.25) is 17.5 Å². The van der Waals surface area contributed by atoms with Gasteiger partial charge in [-0.3, -0.25) is 9.59 Å². The van der Waals surface area contributed by atoms with Crippen LogP contribution < -0.4 is 0 Å². The molecule has 1 aliphatic heterocycles. The third-order valence-corrected chi connectivity index (χ3v) is 11.5. The summed E-state index contributed by atoms with van der Waals surface area (Å²) in [5.41, 5.74) is -3.77.